The van der Waals surface area contributed by atoms with Crippen molar-refractivity contribution >= 4 is 33.2 Å². The van der Waals surface area contributed by atoms with Crippen LogP contribution in [0.2, 0.25) is 5.02 Å². The molecule has 3 nitrogen and oxygen atoms in total. The maximum absolute atomic E-state index is 11.9. The monoisotopic (exact) mass is 290 g/mol. The number of hydrogen-bond acceptors (Lipinski definition) is 3. The van der Waals surface area contributed by atoms with Gasteiger partial charge in [0.15, 0.2) is 0 Å². The van der Waals surface area contributed by atoms with Crippen LogP contribution in [0.15, 0.2) is 35.1 Å². The predicted octanol–water partition coefficient (Wildman–Crippen LogP) is 3.54. The molecule has 1 aromatic carbocycles. The highest BCUT2D eigenvalue weighted by atomic mass is 35.5. The van der Waals surface area contributed by atoms with E-state index >= 15 is 0 Å². The van der Waals surface area contributed by atoms with Crippen LogP contribution in [0.5, 0.6) is 0 Å². The number of benzene rings is 1. The Morgan fingerprint density at radius 3 is 2.79 bits per heavy atom. The second-order valence-electron chi connectivity index (χ2n) is 4.39. The van der Waals surface area contributed by atoms with Crippen LogP contribution < -0.4 is 5.56 Å². The molecule has 1 N–H and O–H groups in total. The Morgan fingerprint density at radius 2 is 2.05 bits per heavy atom. The van der Waals surface area contributed by atoms with E-state index in [1.165, 1.54) is 0 Å². The molecule has 0 aliphatic carbocycles. The molecule has 0 spiro atoms. The molecule has 2 heterocycles. The van der Waals surface area contributed by atoms with Gasteiger partial charge in [0.25, 0.3) is 5.56 Å². The van der Waals surface area contributed by atoms with Crippen molar-refractivity contribution in [3.05, 3.63) is 62.0 Å². The third-order valence-electron chi connectivity index (χ3n) is 2.86. The van der Waals surface area contributed by atoms with Gasteiger partial charge in [0.1, 0.15) is 10.7 Å². The molecule has 0 radical (unpaired) electrons. The summed E-state index contributed by atoms with van der Waals surface area (Å²) in [6.07, 6.45) is 0.597. The molecule has 0 bridgehead atoms. The largest absolute Gasteiger partial charge is 0.310 e. The highest BCUT2D eigenvalue weighted by Crippen LogP contribution is 2.20. The average molecular weight is 291 g/mol. The van der Waals surface area contributed by atoms with Crippen LogP contribution in [0.25, 0.3) is 10.2 Å². The molecule has 3 aromatic rings. The molecule has 0 aliphatic heterocycles. The van der Waals surface area contributed by atoms with Crippen molar-refractivity contribution in [2.24, 2.45) is 0 Å². The molecule has 0 amide bonds. The van der Waals surface area contributed by atoms with E-state index < -0.39 is 0 Å². The zero-order valence-corrected chi connectivity index (χ0v) is 11.8. The van der Waals surface area contributed by atoms with Crippen molar-refractivity contribution in [3.8, 4) is 0 Å². The van der Waals surface area contributed by atoms with Gasteiger partial charge in [-0.15, -0.1) is 11.3 Å². The minimum atomic E-state index is -0.0710. The maximum Gasteiger partial charge on any atom is 0.259 e. The second kappa shape index (κ2) is 4.79. The summed E-state index contributed by atoms with van der Waals surface area (Å²) < 4.78 is 0. The molecule has 2 aromatic heterocycles. The highest BCUT2D eigenvalue weighted by Gasteiger charge is 2.07. The number of aromatic nitrogens is 2. The standard InChI is InChI=1S/C14H11ClN2OS/c1-8-6-11-13(18)16-12(17-14(11)19-8)7-9-2-4-10(15)5-3-9/h2-6H,7H2,1H3,(H,16,17,18). The Balaban J connectivity index is 2.01. The fraction of sp³-hybridized carbons (Fsp3) is 0.143. The van der Waals surface area contributed by atoms with Gasteiger partial charge in [-0.3, -0.25) is 4.79 Å². The molecule has 0 saturated carbocycles. The molecule has 96 valence electrons. The smallest absolute Gasteiger partial charge is 0.259 e. The van der Waals surface area contributed by atoms with Crippen LogP contribution >= 0.6 is 22.9 Å². The minimum absolute atomic E-state index is 0.0710. The SMILES string of the molecule is Cc1cc2c(=O)[nH]c(Cc3ccc(Cl)cc3)nc2s1. The van der Waals surface area contributed by atoms with Gasteiger partial charge >= 0.3 is 0 Å². The van der Waals surface area contributed by atoms with Gasteiger partial charge in [-0.1, -0.05) is 23.7 Å². The van der Waals surface area contributed by atoms with E-state index in [9.17, 15) is 4.79 Å². The summed E-state index contributed by atoms with van der Waals surface area (Å²) in [5.41, 5.74) is 0.999. The van der Waals surface area contributed by atoms with Gasteiger partial charge < -0.3 is 4.98 Å². The second-order valence-corrected chi connectivity index (χ2v) is 6.06. The topological polar surface area (TPSA) is 45.8 Å². The van der Waals surface area contributed by atoms with E-state index in [4.69, 9.17) is 11.6 Å². The van der Waals surface area contributed by atoms with Crippen molar-refractivity contribution in [1.82, 2.24) is 9.97 Å². The highest BCUT2D eigenvalue weighted by molar-refractivity contribution is 7.18. The number of H-pyrrole nitrogens is 1. The molecular weight excluding hydrogens is 280 g/mol. The number of rotatable bonds is 2. The zero-order valence-electron chi connectivity index (χ0n) is 10.2. The van der Waals surface area contributed by atoms with Crippen LogP contribution in [0, 0.1) is 6.92 Å². The lowest BCUT2D eigenvalue weighted by Crippen LogP contribution is -2.10. The Hall–Kier alpha value is -1.65. The number of hydrogen-bond donors (Lipinski definition) is 1. The number of fused-ring (bicyclic) bond motifs is 1. The van der Waals surface area contributed by atoms with E-state index in [0.29, 0.717) is 22.7 Å². The number of aromatic amines is 1. The molecule has 5 heteroatoms. The lowest BCUT2D eigenvalue weighted by molar-refractivity contribution is 0.977. The average Bonchev–Trinajstić information content (AvgIpc) is 2.73. The fourth-order valence-electron chi connectivity index (χ4n) is 1.98. The van der Waals surface area contributed by atoms with Crippen LogP contribution in [0.4, 0.5) is 0 Å². The third-order valence-corrected chi connectivity index (χ3v) is 4.06. The summed E-state index contributed by atoms with van der Waals surface area (Å²) in [5, 5.41) is 1.37. The van der Waals surface area contributed by atoms with E-state index in [2.05, 4.69) is 9.97 Å². The van der Waals surface area contributed by atoms with Crippen molar-refractivity contribution in [2.45, 2.75) is 13.3 Å². The van der Waals surface area contributed by atoms with E-state index in [1.54, 1.807) is 11.3 Å². The third kappa shape index (κ3) is 2.55. The normalized spacial score (nSPS) is 11.1. The van der Waals surface area contributed by atoms with Crippen molar-refractivity contribution < 1.29 is 0 Å². The fourth-order valence-corrected chi connectivity index (χ4v) is 3.00. The maximum atomic E-state index is 11.9. The summed E-state index contributed by atoms with van der Waals surface area (Å²) in [4.78, 5) is 21.2. The van der Waals surface area contributed by atoms with E-state index in [0.717, 1.165) is 15.3 Å². The van der Waals surface area contributed by atoms with Crippen LogP contribution in [0.1, 0.15) is 16.3 Å². The van der Waals surface area contributed by atoms with Crippen LogP contribution in [0.3, 0.4) is 0 Å². The first kappa shape index (κ1) is 12.4. The zero-order chi connectivity index (χ0) is 13.4. The molecule has 0 saturated heterocycles. The Morgan fingerprint density at radius 1 is 1.32 bits per heavy atom. The summed E-state index contributed by atoms with van der Waals surface area (Å²) in [6.45, 7) is 1.98. The van der Waals surface area contributed by atoms with Crippen molar-refractivity contribution in [2.75, 3.05) is 0 Å². The Labute approximate surface area is 118 Å². The number of halogens is 1. The minimum Gasteiger partial charge on any atom is -0.310 e. The summed E-state index contributed by atoms with van der Waals surface area (Å²) in [7, 11) is 0. The lowest BCUT2D eigenvalue weighted by Gasteiger charge is -2.01. The first-order valence-corrected chi connectivity index (χ1v) is 7.05. The lowest BCUT2D eigenvalue weighted by atomic mass is 10.1. The van der Waals surface area contributed by atoms with Gasteiger partial charge in [-0.25, -0.2) is 4.98 Å². The van der Waals surface area contributed by atoms with E-state index in [-0.39, 0.29) is 5.56 Å². The van der Waals surface area contributed by atoms with Crippen LogP contribution in [-0.2, 0) is 6.42 Å². The van der Waals surface area contributed by atoms with E-state index in [1.807, 2.05) is 37.3 Å². The molecule has 0 unspecified atom stereocenters. The van der Waals surface area contributed by atoms with Gasteiger partial charge in [-0.2, -0.15) is 0 Å². The van der Waals surface area contributed by atoms with Crippen molar-refractivity contribution in [1.29, 1.82) is 0 Å². The summed E-state index contributed by atoms with van der Waals surface area (Å²) >= 11 is 7.39. The summed E-state index contributed by atoms with van der Waals surface area (Å²) in [6, 6.07) is 9.42. The summed E-state index contributed by atoms with van der Waals surface area (Å²) in [5.74, 6) is 0.682. The predicted molar refractivity (Wildman–Crippen MR) is 79.2 cm³/mol. The molecular formula is C14H11ClN2OS. The first-order valence-electron chi connectivity index (χ1n) is 5.85. The quantitative estimate of drug-likeness (QED) is 0.785. The van der Waals surface area contributed by atoms with Crippen molar-refractivity contribution in [3.63, 3.8) is 0 Å². The molecule has 0 aliphatic rings. The van der Waals surface area contributed by atoms with Crippen LogP contribution in [-0.4, -0.2) is 9.97 Å². The van der Waals surface area contributed by atoms with Gasteiger partial charge in [-0.05, 0) is 30.7 Å². The van der Waals surface area contributed by atoms with Gasteiger partial charge in [0.2, 0.25) is 0 Å². The molecule has 0 atom stereocenters. The molecule has 19 heavy (non-hydrogen) atoms. The number of aryl methyl sites for hydroxylation is 1. The Kier molecular flexibility index (Phi) is 3.12. The molecule has 0 fully saturated rings. The van der Waals surface area contributed by atoms with Gasteiger partial charge in [0, 0.05) is 16.3 Å². The number of nitrogens with one attached hydrogen (secondary N) is 1. The first-order chi connectivity index (χ1) is 9.11. The Bertz CT molecular complexity index is 789. The number of thiophene rings is 1. The number of nitrogens with zero attached hydrogens (tertiary/aromatic N) is 1. The molecule has 3 rings (SSSR count). The van der Waals surface area contributed by atoms with Gasteiger partial charge in [0.05, 0.1) is 5.39 Å².